The molecule has 0 unspecified atom stereocenters. The summed E-state index contributed by atoms with van der Waals surface area (Å²) in [7, 11) is 0. The molecule has 0 N–H and O–H groups in total. The Hall–Kier alpha value is 4.61. The van der Waals surface area contributed by atoms with Gasteiger partial charge in [0.1, 0.15) is 0 Å². The van der Waals surface area contributed by atoms with E-state index in [0.29, 0.717) is 0 Å². The predicted octanol–water partition coefficient (Wildman–Crippen LogP) is -3.05. The summed E-state index contributed by atoms with van der Waals surface area (Å²) in [6, 6.07) is 0. The van der Waals surface area contributed by atoms with E-state index >= 15 is 0 Å². The first-order chi connectivity index (χ1) is 4.00. The molecule has 0 aliphatic carbocycles. The Morgan fingerprint density at radius 2 is 0.692 bits per heavy atom. The normalized spacial score (nSPS) is 9.08. The van der Waals surface area contributed by atoms with Gasteiger partial charge in [0, 0.05) is 0 Å². The maximum atomic E-state index is 9.29. The summed E-state index contributed by atoms with van der Waals surface area (Å²) in [6.07, 6.45) is 0. The van der Waals surface area contributed by atoms with Gasteiger partial charge in [0.05, 0.1) is 0 Å². The minimum absolute atomic E-state index is 0. The van der Waals surface area contributed by atoms with E-state index in [0.717, 1.165) is 0 Å². The largest absolute Gasteiger partial charge is 2.00 e. The summed E-state index contributed by atoms with van der Waals surface area (Å²) in [6.45, 7) is 0. The van der Waals surface area contributed by atoms with Crippen LogP contribution in [0.2, 0.25) is 0 Å². The molecule has 0 atom stereocenters. The molecule has 0 bridgehead atoms. The number of rotatable bonds is 0. The average Bonchev–Trinajstić information content (AvgIpc) is 1.12. The van der Waals surface area contributed by atoms with Crippen molar-refractivity contribution in [3.05, 3.63) is 0 Å². The monoisotopic (exact) mass is 596 g/mol. The molecule has 0 rings (SSSR count). The molecule has 0 saturated carbocycles. The maximum Gasteiger partial charge on any atom is 2.00 e. The summed E-state index contributed by atoms with van der Waals surface area (Å²) in [5, 5.41) is 0. The number of hydrogen-bond donors (Lipinski definition) is 0. The molecule has 13 heavy (non-hydrogen) atoms. The molecule has 0 amide bonds. The zero-order valence-corrected chi connectivity index (χ0v) is 23.4. The SMILES string of the molecule is [Cd+2].[Cd+2].[Cd+2].[O-]P([O-])(=S)[S-].[O-]P([O-])(=S)[S-]. The second-order valence-electron chi connectivity index (χ2n) is 0.894. The molecule has 0 spiro atoms. The van der Waals surface area contributed by atoms with Gasteiger partial charge >= 0.3 is 81.9 Å². The van der Waals surface area contributed by atoms with E-state index in [4.69, 9.17) is 0 Å². The van der Waals surface area contributed by atoms with Gasteiger partial charge in [-0.2, -0.15) is 23.6 Å². The van der Waals surface area contributed by atoms with E-state index in [1.165, 1.54) is 0 Å². The first-order valence-electron chi connectivity index (χ1n) is 1.46. The van der Waals surface area contributed by atoms with Crippen LogP contribution in [0, 0.1) is 0 Å². The van der Waals surface area contributed by atoms with Gasteiger partial charge in [-0.05, 0) is 0 Å². The summed E-state index contributed by atoms with van der Waals surface area (Å²) in [5.41, 5.74) is -7.44. The van der Waals surface area contributed by atoms with Crippen LogP contribution in [0.15, 0.2) is 0 Å². The minimum Gasteiger partial charge on any atom is -0.850 e. The van der Waals surface area contributed by atoms with Gasteiger partial charge in [-0.25, -0.2) is 0 Å². The summed E-state index contributed by atoms with van der Waals surface area (Å²) >= 11 is 14.6. The van der Waals surface area contributed by atoms with E-state index < -0.39 is 11.4 Å². The smallest absolute Gasteiger partial charge is 0.850 e. The quantitative estimate of drug-likeness (QED) is 0.167. The van der Waals surface area contributed by atoms with Crippen molar-refractivity contribution in [3.8, 4) is 0 Å². The third-order valence-electron chi connectivity index (χ3n) is 0. The van der Waals surface area contributed by atoms with Crippen LogP contribution in [0.25, 0.3) is 0 Å². The minimum atomic E-state index is -3.72. The topological polar surface area (TPSA) is 92.2 Å². The fourth-order valence-electron chi connectivity index (χ4n) is 0. The Kier molecular flexibility index (Phi) is 34.5. The molecule has 0 saturated heterocycles. The van der Waals surface area contributed by atoms with Crippen molar-refractivity contribution >= 4 is 59.5 Å². The van der Waals surface area contributed by atoms with Crippen LogP contribution in [0.4, 0.5) is 0 Å². The van der Waals surface area contributed by atoms with E-state index in [2.05, 4.69) is 48.1 Å². The van der Waals surface area contributed by atoms with Crippen LogP contribution >= 0.6 is 11.4 Å². The summed E-state index contributed by atoms with van der Waals surface area (Å²) in [5.74, 6) is 0. The van der Waals surface area contributed by atoms with Gasteiger partial charge in [0.15, 0.2) is 0 Å². The Morgan fingerprint density at radius 3 is 0.692 bits per heavy atom. The van der Waals surface area contributed by atoms with Crippen molar-refractivity contribution in [2.45, 2.75) is 0 Å². The molecule has 13 heteroatoms. The maximum absolute atomic E-state index is 9.29. The molecule has 4 nitrogen and oxygen atoms in total. The zero-order valence-electron chi connectivity index (χ0n) is 6.28. The van der Waals surface area contributed by atoms with Gasteiger partial charge in [-0.15, -0.1) is 0 Å². The second kappa shape index (κ2) is 14.7. The third kappa shape index (κ3) is 167. The van der Waals surface area contributed by atoms with Gasteiger partial charge in [-0.3, -0.25) is 0 Å². The molecule has 0 aromatic heterocycles. The third-order valence-corrected chi connectivity index (χ3v) is 0. The summed E-state index contributed by atoms with van der Waals surface area (Å²) in [4.78, 5) is 37.2. The zero-order chi connectivity index (χ0) is 9.00. The van der Waals surface area contributed by atoms with Crippen molar-refractivity contribution in [2.75, 3.05) is 0 Å². The van der Waals surface area contributed by atoms with Gasteiger partial charge in [0.25, 0.3) is 0 Å². The molecular weight excluding hydrogens is 591 g/mol. The molecule has 0 aromatic rings. The van der Waals surface area contributed by atoms with E-state index in [1.807, 2.05) is 0 Å². The summed E-state index contributed by atoms with van der Waals surface area (Å²) < 4.78 is 0. The molecule has 0 fully saturated rings. The fraction of sp³-hybridized carbons (Fsp3) is 0. The van der Waals surface area contributed by atoms with Gasteiger partial charge in [0.2, 0.25) is 0 Å². The van der Waals surface area contributed by atoms with Gasteiger partial charge in [-0.1, -0.05) is 0 Å². The van der Waals surface area contributed by atoms with Crippen molar-refractivity contribution < 1.29 is 101 Å². The number of hydrogen-bond acceptors (Lipinski definition) is 8. The molecule has 0 heterocycles. The molecule has 0 aliphatic rings. The van der Waals surface area contributed by atoms with Gasteiger partial charge < -0.3 is 55.5 Å². The van der Waals surface area contributed by atoms with Crippen LogP contribution in [0.5, 0.6) is 0 Å². The Bertz CT molecular complexity index is 138. The molecule has 64 valence electrons. The van der Waals surface area contributed by atoms with Crippen LogP contribution in [0.1, 0.15) is 0 Å². The van der Waals surface area contributed by atoms with Crippen molar-refractivity contribution in [2.24, 2.45) is 0 Å². The standard InChI is InChI=1S/3Cd.2H3O2PS2/c;;;2*1-3(2,4)5/h;;;2*(H3,1,2,4,5)/q3*+2;;/p-6. The second-order valence-corrected chi connectivity index (χ2v) is 9.84. The van der Waals surface area contributed by atoms with Crippen LogP contribution in [-0.4, -0.2) is 0 Å². The first-order valence-corrected chi connectivity index (χ1v) is 8.76. The van der Waals surface area contributed by atoms with Crippen LogP contribution < -0.4 is 19.6 Å². The first kappa shape index (κ1) is 30.6. The van der Waals surface area contributed by atoms with E-state index in [9.17, 15) is 19.6 Å². The van der Waals surface area contributed by atoms with Crippen molar-refractivity contribution in [3.63, 3.8) is 0 Å². The van der Waals surface area contributed by atoms with Crippen molar-refractivity contribution in [1.29, 1.82) is 0 Å². The predicted molar refractivity (Wildman–Crippen MR) is 43.3 cm³/mol. The Morgan fingerprint density at radius 1 is 0.692 bits per heavy atom. The van der Waals surface area contributed by atoms with Crippen LogP contribution in [-0.2, 0) is 130 Å². The molecule has 0 radical (unpaired) electrons. The van der Waals surface area contributed by atoms with Crippen molar-refractivity contribution in [1.82, 2.24) is 0 Å². The Balaban J connectivity index is -0.0000000267. The average molecular weight is 591 g/mol. The van der Waals surface area contributed by atoms with Crippen LogP contribution in [0.3, 0.4) is 0 Å². The van der Waals surface area contributed by atoms with E-state index in [-0.39, 0.29) is 81.9 Å². The molecule has 0 aliphatic heterocycles. The molecule has 0 aromatic carbocycles. The molecular formula is Cd3O4P2S4. The van der Waals surface area contributed by atoms with E-state index in [1.54, 1.807) is 0 Å². The Labute approximate surface area is 158 Å². The fourth-order valence-corrected chi connectivity index (χ4v) is 0.